The van der Waals surface area contributed by atoms with Gasteiger partial charge in [-0.3, -0.25) is 14.5 Å². The summed E-state index contributed by atoms with van der Waals surface area (Å²) < 4.78 is 16.9. The van der Waals surface area contributed by atoms with Crippen LogP contribution in [0.25, 0.3) is 0 Å². The Morgan fingerprint density at radius 2 is 1.74 bits per heavy atom. The number of amides is 2. The number of hydrogen-bond acceptors (Lipinski definition) is 7. The van der Waals surface area contributed by atoms with Crippen LogP contribution in [0.4, 0.5) is 0 Å². The number of furan rings is 2. The molecule has 2 amide bonds. The van der Waals surface area contributed by atoms with Crippen LogP contribution < -0.4 is 0 Å². The summed E-state index contributed by atoms with van der Waals surface area (Å²) >= 11 is 0. The highest BCUT2D eigenvalue weighted by molar-refractivity contribution is 6.01. The summed E-state index contributed by atoms with van der Waals surface area (Å²) in [7, 11) is 0. The Bertz CT molecular complexity index is 1000. The zero-order valence-corrected chi connectivity index (χ0v) is 19.8. The Labute approximate surface area is 199 Å². The van der Waals surface area contributed by atoms with E-state index < -0.39 is 0 Å². The van der Waals surface area contributed by atoms with E-state index in [0.29, 0.717) is 44.1 Å². The van der Waals surface area contributed by atoms with Gasteiger partial charge in [0.15, 0.2) is 0 Å². The molecule has 0 spiro atoms. The van der Waals surface area contributed by atoms with Crippen molar-refractivity contribution in [3.8, 4) is 0 Å². The average Bonchev–Trinajstić information content (AvgIpc) is 3.59. The van der Waals surface area contributed by atoms with Crippen molar-refractivity contribution < 1.29 is 23.2 Å². The first kappa shape index (κ1) is 22.9. The maximum Gasteiger partial charge on any atom is 0.257 e. The summed E-state index contributed by atoms with van der Waals surface area (Å²) in [6.45, 7) is 7.02. The second-order valence-corrected chi connectivity index (χ2v) is 9.55. The van der Waals surface area contributed by atoms with E-state index in [0.717, 1.165) is 18.6 Å². The minimum absolute atomic E-state index is 0.00934. The van der Waals surface area contributed by atoms with E-state index in [4.69, 9.17) is 13.6 Å². The molecular formula is C25H32N4O5. The molecule has 182 valence electrons. The molecule has 2 aromatic heterocycles. The van der Waals surface area contributed by atoms with Crippen molar-refractivity contribution in [2.75, 3.05) is 32.7 Å². The highest BCUT2D eigenvalue weighted by Gasteiger charge is 2.37. The monoisotopic (exact) mass is 468 g/mol. The molecule has 3 atom stereocenters. The molecule has 3 unspecified atom stereocenters. The van der Waals surface area contributed by atoms with Crippen LogP contribution in [-0.4, -0.2) is 77.3 Å². The van der Waals surface area contributed by atoms with Gasteiger partial charge in [-0.25, -0.2) is 5.01 Å². The number of ether oxygens (including phenoxy) is 1. The molecule has 0 aliphatic carbocycles. The number of carbonyl (C=O) groups is 2. The molecule has 2 saturated heterocycles. The molecule has 0 radical (unpaired) electrons. The Morgan fingerprint density at radius 3 is 2.38 bits per heavy atom. The second-order valence-electron chi connectivity index (χ2n) is 9.55. The second kappa shape index (κ2) is 9.76. The minimum atomic E-state index is -0.285. The number of likely N-dealkylation sites (tertiary alicyclic amines) is 1. The first-order chi connectivity index (χ1) is 16.5. The van der Waals surface area contributed by atoms with Gasteiger partial charge in [0.1, 0.15) is 23.3 Å². The van der Waals surface area contributed by atoms with Crippen molar-refractivity contribution in [3.05, 3.63) is 48.3 Å². The lowest BCUT2D eigenvalue weighted by Crippen LogP contribution is -2.52. The predicted octanol–water partition coefficient (Wildman–Crippen LogP) is 2.90. The van der Waals surface area contributed by atoms with Gasteiger partial charge in [-0.15, -0.1) is 0 Å². The number of hydrogen-bond donors (Lipinski definition) is 0. The molecule has 0 N–H and O–H groups in total. The fraction of sp³-hybridized carbons (Fsp3) is 0.560. The largest absolute Gasteiger partial charge is 0.467 e. The molecule has 5 rings (SSSR count). The number of hydrazone groups is 1. The quantitative estimate of drug-likeness (QED) is 0.670. The zero-order valence-electron chi connectivity index (χ0n) is 19.8. The van der Waals surface area contributed by atoms with E-state index in [2.05, 4.69) is 10.0 Å². The molecule has 2 fully saturated rings. The molecule has 3 aliphatic rings. The van der Waals surface area contributed by atoms with E-state index in [-0.39, 0.29) is 42.5 Å². The SMILES string of the molecule is CC1CN(C(=O)C2CCN(CC(=O)N3N=C(c4ccco4)CC3c3ccco3)CC2)CC(C)O1. The van der Waals surface area contributed by atoms with Gasteiger partial charge in [0.2, 0.25) is 5.91 Å². The number of rotatable bonds is 5. The summed E-state index contributed by atoms with van der Waals surface area (Å²) in [5.74, 6) is 1.52. The third kappa shape index (κ3) is 4.81. The van der Waals surface area contributed by atoms with Crippen molar-refractivity contribution in [3.63, 3.8) is 0 Å². The number of carbonyl (C=O) groups excluding carboxylic acids is 2. The summed E-state index contributed by atoms with van der Waals surface area (Å²) in [5.41, 5.74) is 0.734. The fourth-order valence-corrected chi connectivity index (χ4v) is 5.25. The molecule has 0 bridgehead atoms. The summed E-state index contributed by atoms with van der Waals surface area (Å²) in [4.78, 5) is 30.4. The number of morpholine rings is 1. The smallest absolute Gasteiger partial charge is 0.257 e. The minimum Gasteiger partial charge on any atom is -0.467 e. The van der Waals surface area contributed by atoms with Gasteiger partial charge in [0, 0.05) is 25.4 Å². The summed E-state index contributed by atoms with van der Waals surface area (Å²) in [5, 5.41) is 6.13. The summed E-state index contributed by atoms with van der Waals surface area (Å²) in [6, 6.07) is 7.07. The third-order valence-corrected chi connectivity index (χ3v) is 6.87. The molecule has 3 aliphatic heterocycles. The fourth-order valence-electron chi connectivity index (χ4n) is 5.25. The van der Waals surface area contributed by atoms with E-state index in [1.165, 1.54) is 5.01 Å². The highest BCUT2D eigenvalue weighted by atomic mass is 16.5. The Morgan fingerprint density at radius 1 is 1.03 bits per heavy atom. The van der Waals surface area contributed by atoms with Crippen LogP contribution in [0.2, 0.25) is 0 Å². The van der Waals surface area contributed by atoms with E-state index >= 15 is 0 Å². The van der Waals surface area contributed by atoms with Crippen molar-refractivity contribution in [2.24, 2.45) is 11.0 Å². The molecule has 34 heavy (non-hydrogen) atoms. The third-order valence-electron chi connectivity index (χ3n) is 6.87. The van der Waals surface area contributed by atoms with Gasteiger partial charge in [0.25, 0.3) is 5.91 Å². The van der Waals surface area contributed by atoms with Crippen molar-refractivity contribution >= 4 is 17.5 Å². The molecule has 2 aromatic rings. The first-order valence-corrected chi connectivity index (χ1v) is 12.1. The molecule has 9 heteroatoms. The van der Waals surface area contributed by atoms with Crippen LogP contribution >= 0.6 is 0 Å². The normalized spacial score (nSPS) is 26.6. The van der Waals surface area contributed by atoms with Gasteiger partial charge in [-0.2, -0.15) is 5.10 Å². The Hall–Kier alpha value is -2.91. The Kier molecular flexibility index (Phi) is 6.56. The van der Waals surface area contributed by atoms with Crippen molar-refractivity contribution in [1.29, 1.82) is 0 Å². The molecule has 9 nitrogen and oxygen atoms in total. The van der Waals surface area contributed by atoms with Gasteiger partial charge >= 0.3 is 0 Å². The predicted molar refractivity (Wildman–Crippen MR) is 124 cm³/mol. The lowest BCUT2D eigenvalue weighted by molar-refractivity contribution is -0.149. The van der Waals surface area contributed by atoms with Crippen LogP contribution in [0.1, 0.15) is 50.7 Å². The molecule has 5 heterocycles. The van der Waals surface area contributed by atoms with E-state index in [1.807, 2.05) is 43.0 Å². The van der Waals surface area contributed by atoms with E-state index in [1.54, 1.807) is 12.5 Å². The van der Waals surface area contributed by atoms with Gasteiger partial charge in [-0.1, -0.05) is 0 Å². The molecule has 0 saturated carbocycles. The van der Waals surface area contributed by atoms with Gasteiger partial charge < -0.3 is 18.5 Å². The van der Waals surface area contributed by atoms with Crippen LogP contribution in [0.15, 0.2) is 50.7 Å². The maximum atomic E-state index is 13.3. The van der Waals surface area contributed by atoms with Gasteiger partial charge in [0.05, 0.1) is 31.3 Å². The number of nitrogens with zero attached hydrogens (tertiary/aromatic N) is 4. The van der Waals surface area contributed by atoms with Crippen LogP contribution in [0, 0.1) is 5.92 Å². The van der Waals surface area contributed by atoms with E-state index in [9.17, 15) is 9.59 Å². The Balaban J connectivity index is 1.19. The van der Waals surface area contributed by atoms with Crippen LogP contribution in [0.3, 0.4) is 0 Å². The molecular weight excluding hydrogens is 436 g/mol. The average molecular weight is 469 g/mol. The lowest BCUT2D eigenvalue weighted by Gasteiger charge is -2.39. The van der Waals surface area contributed by atoms with Crippen molar-refractivity contribution in [2.45, 2.75) is 51.4 Å². The molecule has 0 aromatic carbocycles. The van der Waals surface area contributed by atoms with Crippen LogP contribution in [0.5, 0.6) is 0 Å². The first-order valence-electron chi connectivity index (χ1n) is 12.1. The lowest BCUT2D eigenvalue weighted by atomic mass is 9.94. The van der Waals surface area contributed by atoms with Gasteiger partial charge in [-0.05, 0) is 64.0 Å². The maximum absolute atomic E-state index is 13.3. The number of piperidine rings is 1. The van der Waals surface area contributed by atoms with Crippen LogP contribution in [-0.2, 0) is 14.3 Å². The topological polar surface area (TPSA) is 91.7 Å². The standard InChI is InChI=1S/C25H32N4O5/c1-17-14-28(15-18(2)34-17)25(31)19-7-9-27(10-8-19)16-24(30)29-21(23-6-4-12-33-23)13-20(26-29)22-5-3-11-32-22/h3-6,11-12,17-19,21H,7-10,13-16H2,1-2H3. The highest BCUT2D eigenvalue weighted by Crippen LogP contribution is 2.33. The van der Waals surface area contributed by atoms with Crippen molar-refractivity contribution in [1.82, 2.24) is 14.8 Å². The summed E-state index contributed by atoms with van der Waals surface area (Å²) in [6.07, 6.45) is 5.41. The zero-order chi connectivity index (χ0) is 23.7.